The predicted molar refractivity (Wildman–Crippen MR) is 67.4 cm³/mol. The summed E-state index contributed by atoms with van der Waals surface area (Å²) in [5.41, 5.74) is 0.304. The van der Waals surface area contributed by atoms with Crippen molar-refractivity contribution in [2.24, 2.45) is 10.2 Å². The summed E-state index contributed by atoms with van der Waals surface area (Å²) < 4.78 is 0.435. The highest BCUT2D eigenvalue weighted by molar-refractivity contribution is 8.23. The number of anilines is 1. The normalized spacial score (nSPS) is 18.5. The molecule has 5 nitrogen and oxygen atoms in total. The molecule has 0 aliphatic carbocycles. The van der Waals surface area contributed by atoms with Gasteiger partial charge in [0.15, 0.2) is 9.82 Å². The van der Waals surface area contributed by atoms with E-state index >= 15 is 0 Å². The van der Waals surface area contributed by atoms with E-state index in [1.807, 2.05) is 18.2 Å². The lowest BCUT2D eigenvalue weighted by molar-refractivity contribution is 0.251. The van der Waals surface area contributed by atoms with Gasteiger partial charge in [-0.25, -0.2) is 4.79 Å². The van der Waals surface area contributed by atoms with Gasteiger partial charge in [0.25, 0.3) is 0 Å². The van der Waals surface area contributed by atoms with Crippen molar-refractivity contribution in [3.05, 3.63) is 30.3 Å². The van der Waals surface area contributed by atoms with Crippen molar-refractivity contribution in [3.8, 4) is 0 Å². The second-order valence-electron chi connectivity index (χ2n) is 2.92. The highest BCUT2D eigenvalue weighted by Crippen LogP contribution is 2.21. The summed E-state index contributed by atoms with van der Waals surface area (Å²) in [4.78, 5) is 11.5. The van der Waals surface area contributed by atoms with Crippen LogP contribution < -0.4 is 10.6 Å². The minimum Gasteiger partial charge on any atom is -0.308 e. The monoisotopic (exact) mass is 252 g/mol. The highest BCUT2D eigenvalue weighted by Gasteiger charge is 2.19. The van der Waals surface area contributed by atoms with E-state index in [0.717, 1.165) is 5.69 Å². The molecule has 1 atom stereocenters. The molecular weight excluding hydrogens is 244 g/mol. The van der Waals surface area contributed by atoms with Crippen molar-refractivity contribution in [1.29, 1.82) is 0 Å². The van der Waals surface area contributed by atoms with Gasteiger partial charge < -0.3 is 10.6 Å². The van der Waals surface area contributed by atoms with Gasteiger partial charge in [0.05, 0.1) is 0 Å². The Kier molecular flexibility index (Phi) is 3.47. The third kappa shape index (κ3) is 3.01. The van der Waals surface area contributed by atoms with Crippen LogP contribution in [-0.4, -0.2) is 15.8 Å². The molecule has 82 valence electrons. The maximum atomic E-state index is 11.5. The molecule has 2 N–H and O–H groups in total. The first kappa shape index (κ1) is 11.0. The van der Waals surface area contributed by atoms with E-state index in [-0.39, 0.29) is 6.03 Å². The molecule has 1 aliphatic heterocycles. The van der Waals surface area contributed by atoms with Gasteiger partial charge in [-0.1, -0.05) is 18.2 Å². The van der Waals surface area contributed by atoms with Gasteiger partial charge in [0.2, 0.25) is 0 Å². The van der Waals surface area contributed by atoms with Crippen LogP contribution in [0.5, 0.6) is 0 Å². The lowest BCUT2D eigenvalue weighted by atomic mass is 10.3. The zero-order valence-electron chi connectivity index (χ0n) is 8.08. The number of carbonyl (C=O) groups is 1. The van der Waals surface area contributed by atoms with Crippen LogP contribution in [0.15, 0.2) is 40.6 Å². The molecule has 1 unspecified atom stereocenters. The molecule has 1 aromatic rings. The standard InChI is InChI=1S/C9H8N4OS2/c14-7(10-6-4-2-1-3-5-6)11-8-12-13-9(15)16-8/h1-5,8H,(H2,10,11,14). The maximum absolute atomic E-state index is 11.5. The van der Waals surface area contributed by atoms with E-state index in [2.05, 4.69) is 20.9 Å². The van der Waals surface area contributed by atoms with Crippen molar-refractivity contribution in [1.82, 2.24) is 5.32 Å². The van der Waals surface area contributed by atoms with Gasteiger partial charge in [-0.2, -0.15) is 0 Å². The number of urea groups is 1. The Morgan fingerprint density at radius 3 is 2.75 bits per heavy atom. The third-order valence-corrected chi connectivity index (χ3v) is 2.83. The zero-order valence-corrected chi connectivity index (χ0v) is 9.72. The zero-order chi connectivity index (χ0) is 11.4. The summed E-state index contributed by atoms with van der Waals surface area (Å²) in [7, 11) is 0. The lowest BCUT2D eigenvalue weighted by Gasteiger charge is -2.08. The summed E-state index contributed by atoms with van der Waals surface area (Å²) in [6.45, 7) is 0. The number of benzene rings is 1. The second kappa shape index (κ2) is 5.04. The second-order valence-corrected chi connectivity index (χ2v) is 4.63. The van der Waals surface area contributed by atoms with Gasteiger partial charge in [-0.15, -0.1) is 10.2 Å². The number of azo groups is 1. The average Bonchev–Trinajstić information content (AvgIpc) is 2.65. The first-order valence-corrected chi connectivity index (χ1v) is 5.77. The number of thioether (sulfide) groups is 1. The number of nitrogens with zero attached hydrogens (tertiary/aromatic N) is 2. The van der Waals surface area contributed by atoms with Gasteiger partial charge in [0, 0.05) is 5.69 Å². The van der Waals surface area contributed by atoms with Crippen LogP contribution in [0, 0.1) is 0 Å². The number of hydrogen-bond acceptors (Lipinski definition) is 4. The molecule has 1 heterocycles. The molecule has 0 spiro atoms. The van der Waals surface area contributed by atoms with Crippen molar-refractivity contribution in [2.45, 2.75) is 5.50 Å². The summed E-state index contributed by atoms with van der Waals surface area (Å²) in [5, 5.41) is 12.7. The lowest BCUT2D eigenvalue weighted by Crippen LogP contribution is -2.34. The molecule has 1 aromatic carbocycles. The molecule has 16 heavy (non-hydrogen) atoms. The van der Waals surface area contributed by atoms with Crippen molar-refractivity contribution < 1.29 is 4.79 Å². The van der Waals surface area contributed by atoms with Crippen LogP contribution in [0.3, 0.4) is 0 Å². The topological polar surface area (TPSA) is 65.8 Å². The van der Waals surface area contributed by atoms with Crippen LogP contribution >= 0.6 is 24.0 Å². The van der Waals surface area contributed by atoms with E-state index in [1.165, 1.54) is 11.8 Å². The van der Waals surface area contributed by atoms with Gasteiger partial charge >= 0.3 is 6.03 Å². The van der Waals surface area contributed by atoms with Crippen LogP contribution in [0.1, 0.15) is 0 Å². The Morgan fingerprint density at radius 2 is 2.12 bits per heavy atom. The summed E-state index contributed by atoms with van der Waals surface area (Å²) in [5.74, 6) is 0. The first-order chi connectivity index (χ1) is 7.74. The number of hydrogen-bond donors (Lipinski definition) is 2. The van der Waals surface area contributed by atoms with Gasteiger partial charge in [-0.3, -0.25) is 0 Å². The Bertz CT molecular complexity index is 434. The van der Waals surface area contributed by atoms with E-state index in [1.54, 1.807) is 12.1 Å². The number of amides is 2. The fourth-order valence-corrected chi connectivity index (χ4v) is 1.97. The number of nitrogens with one attached hydrogen (secondary N) is 2. The summed E-state index contributed by atoms with van der Waals surface area (Å²) in [6, 6.07) is 8.83. The van der Waals surface area contributed by atoms with E-state index in [4.69, 9.17) is 12.2 Å². The smallest absolute Gasteiger partial charge is 0.308 e. The van der Waals surface area contributed by atoms with Crippen LogP contribution in [0.2, 0.25) is 0 Å². The quantitative estimate of drug-likeness (QED) is 0.795. The largest absolute Gasteiger partial charge is 0.321 e. The number of para-hydroxylation sites is 1. The summed E-state index contributed by atoms with van der Waals surface area (Å²) >= 11 is 6.04. The molecule has 1 aliphatic rings. The Hall–Kier alpha value is -1.47. The van der Waals surface area contributed by atoms with Crippen molar-refractivity contribution in [2.75, 3.05) is 5.32 Å². The fourth-order valence-electron chi connectivity index (χ4n) is 1.10. The molecule has 0 radical (unpaired) electrons. The minimum absolute atomic E-state index is 0.327. The first-order valence-electron chi connectivity index (χ1n) is 4.48. The number of thiocarbonyl (C=S) groups is 1. The van der Waals surface area contributed by atoms with Crippen LogP contribution in [0.25, 0.3) is 0 Å². The van der Waals surface area contributed by atoms with Crippen molar-refractivity contribution >= 4 is 40.0 Å². The van der Waals surface area contributed by atoms with Gasteiger partial charge in [0.1, 0.15) is 0 Å². The number of rotatable bonds is 2. The molecule has 0 bridgehead atoms. The number of carbonyl (C=O) groups excluding carboxylic acids is 1. The molecule has 7 heteroatoms. The molecule has 0 fully saturated rings. The maximum Gasteiger partial charge on any atom is 0.321 e. The van der Waals surface area contributed by atoms with Crippen molar-refractivity contribution in [3.63, 3.8) is 0 Å². The minimum atomic E-state index is -0.420. The van der Waals surface area contributed by atoms with E-state index in [9.17, 15) is 4.79 Å². The SMILES string of the molecule is O=C(Nc1ccccc1)NC1N=NC(=S)S1. The predicted octanol–water partition coefficient (Wildman–Crippen LogP) is 2.58. The molecule has 0 aromatic heterocycles. The third-order valence-electron chi connectivity index (χ3n) is 1.74. The molecule has 2 rings (SSSR count). The molecular formula is C9H8N4OS2. The summed E-state index contributed by atoms with van der Waals surface area (Å²) in [6.07, 6.45) is 0. The molecule has 2 amide bonds. The van der Waals surface area contributed by atoms with E-state index < -0.39 is 5.50 Å². The Labute approximate surface area is 102 Å². The van der Waals surface area contributed by atoms with Crippen LogP contribution in [0.4, 0.5) is 10.5 Å². The van der Waals surface area contributed by atoms with Crippen LogP contribution in [-0.2, 0) is 0 Å². The Balaban J connectivity index is 1.86. The highest BCUT2D eigenvalue weighted by atomic mass is 32.2. The van der Waals surface area contributed by atoms with Gasteiger partial charge in [-0.05, 0) is 36.1 Å². The molecule has 0 saturated carbocycles. The van der Waals surface area contributed by atoms with E-state index in [0.29, 0.717) is 4.32 Å². The fraction of sp³-hybridized carbons (Fsp3) is 0.111. The Morgan fingerprint density at radius 1 is 1.38 bits per heavy atom. The molecule has 0 saturated heterocycles. The average molecular weight is 252 g/mol.